The van der Waals surface area contributed by atoms with Gasteiger partial charge in [-0.2, -0.15) is 0 Å². The predicted octanol–water partition coefficient (Wildman–Crippen LogP) is 1.02. The number of nitrogens with zero attached hydrogens (tertiary/aromatic N) is 2. The number of aliphatic hydroxyl groups excluding tert-OH is 1. The Morgan fingerprint density at radius 1 is 1.20 bits per heavy atom. The zero-order valence-corrected chi connectivity index (χ0v) is 14.5. The number of nitrogens with one attached hydrogen (secondary N) is 1. The molecule has 0 aliphatic carbocycles. The Hall–Kier alpha value is -1.63. The van der Waals surface area contributed by atoms with Gasteiger partial charge in [-0.1, -0.05) is 30.3 Å². The molecule has 0 saturated carbocycles. The van der Waals surface area contributed by atoms with Gasteiger partial charge >= 0.3 is 6.03 Å². The summed E-state index contributed by atoms with van der Waals surface area (Å²) in [5, 5.41) is 13.4. The fraction of sp³-hybridized carbons (Fsp3) is 0.632. The molecular formula is C19H27N3O3. The summed E-state index contributed by atoms with van der Waals surface area (Å²) in [5.74, 6) is 0.126. The summed E-state index contributed by atoms with van der Waals surface area (Å²) < 4.78 is 5.35. The van der Waals surface area contributed by atoms with Gasteiger partial charge in [0.25, 0.3) is 0 Å². The van der Waals surface area contributed by atoms with Gasteiger partial charge in [0.2, 0.25) is 0 Å². The standard InChI is InChI=1S/C19H27N3O3/c23-13-16-17(14-5-2-1-3-6-14)18(15-7-4-8-22(15)16)20-19(24)21-9-11-25-12-10-21/h1-3,5-6,15-18,23H,4,7-13H2,(H,20,24)/t15-,16-,17+,18+/m1/s1. The number of ether oxygens (including phenoxy) is 1. The fourth-order valence-electron chi connectivity index (χ4n) is 4.81. The maximum absolute atomic E-state index is 12.8. The molecule has 6 heteroatoms. The van der Waals surface area contributed by atoms with E-state index in [9.17, 15) is 9.90 Å². The summed E-state index contributed by atoms with van der Waals surface area (Å²) in [5.41, 5.74) is 1.20. The molecule has 0 bridgehead atoms. The molecule has 6 nitrogen and oxygen atoms in total. The molecule has 3 saturated heterocycles. The number of amides is 2. The van der Waals surface area contributed by atoms with Crippen LogP contribution >= 0.6 is 0 Å². The van der Waals surface area contributed by atoms with E-state index in [0.717, 1.165) is 19.4 Å². The van der Waals surface area contributed by atoms with Crippen LogP contribution in [0.5, 0.6) is 0 Å². The predicted molar refractivity (Wildman–Crippen MR) is 94.5 cm³/mol. The quantitative estimate of drug-likeness (QED) is 0.859. The van der Waals surface area contributed by atoms with Gasteiger partial charge in [0.05, 0.1) is 25.9 Å². The van der Waals surface area contributed by atoms with Crippen LogP contribution in [-0.2, 0) is 4.74 Å². The number of aliphatic hydroxyl groups is 1. The van der Waals surface area contributed by atoms with Crippen LogP contribution in [0.2, 0.25) is 0 Å². The average Bonchev–Trinajstić information content (AvgIpc) is 3.24. The van der Waals surface area contributed by atoms with Crippen LogP contribution in [0.3, 0.4) is 0 Å². The Labute approximate surface area is 148 Å². The molecule has 2 N–H and O–H groups in total. The molecule has 4 rings (SSSR count). The van der Waals surface area contributed by atoms with Crippen LogP contribution < -0.4 is 5.32 Å². The summed E-state index contributed by atoms with van der Waals surface area (Å²) in [6, 6.07) is 10.7. The zero-order chi connectivity index (χ0) is 17.2. The van der Waals surface area contributed by atoms with Gasteiger partial charge < -0.3 is 20.1 Å². The van der Waals surface area contributed by atoms with Crippen LogP contribution in [-0.4, -0.2) is 78.5 Å². The van der Waals surface area contributed by atoms with Crippen molar-refractivity contribution in [3.05, 3.63) is 35.9 Å². The van der Waals surface area contributed by atoms with Crippen molar-refractivity contribution in [3.8, 4) is 0 Å². The lowest BCUT2D eigenvalue weighted by Crippen LogP contribution is -2.52. The summed E-state index contributed by atoms with van der Waals surface area (Å²) in [7, 11) is 0. The summed E-state index contributed by atoms with van der Waals surface area (Å²) in [6.07, 6.45) is 2.21. The molecule has 4 atom stereocenters. The van der Waals surface area contributed by atoms with Crippen molar-refractivity contribution in [2.75, 3.05) is 39.5 Å². The highest BCUT2D eigenvalue weighted by Crippen LogP contribution is 2.42. The number of morpholine rings is 1. The van der Waals surface area contributed by atoms with E-state index in [1.807, 2.05) is 23.1 Å². The molecule has 0 spiro atoms. The molecular weight excluding hydrogens is 318 g/mol. The molecule has 3 heterocycles. The van der Waals surface area contributed by atoms with Crippen molar-refractivity contribution < 1.29 is 14.6 Å². The summed E-state index contributed by atoms with van der Waals surface area (Å²) >= 11 is 0. The van der Waals surface area contributed by atoms with Gasteiger partial charge in [0.15, 0.2) is 0 Å². The van der Waals surface area contributed by atoms with Crippen LogP contribution in [0.25, 0.3) is 0 Å². The van der Waals surface area contributed by atoms with Crippen LogP contribution in [0, 0.1) is 0 Å². The van der Waals surface area contributed by atoms with E-state index in [1.165, 1.54) is 5.56 Å². The van der Waals surface area contributed by atoms with Crippen molar-refractivity contribution in [2.45, 2.75) is 36.9 Å². The number of fused-ring (bicyclic) bond motifs is 1. The smallest absolute Gasteiger partial charge is 0.317 e. The van der Waals surface area contributed by atoms with Gasteiger partial charge in [-0.25, -0.2) is 4.79 Å². The van der Waals surface area contributed by atoms with Crippen LogP contribution in [0.1, 0.15) is 24.3 Å². The molecule has 3 fully saturated rings. The zero-order valence-electron chi connectivity index (χ0n) is 14.5. The molecule has 3 aliphatic heterocycles. The number of carbonyl (C=O) groups is 1. The van der Waals surface area contributed by atoms with Crippen molar-refractivity contribution in [1.82, 2.24) is 15.1 Å². The second kappa shape index (κ2) is 7.32. The number of urea groups is 1. The van der Waals surface area contributed by atoms with E-state index in [-0.39, 0.29) is 30.6 Å². The van der Waals surface area contributed by atoms with E-state index >= 15 is 0 Å². The first-order valence-electron chi connectivity index (χ1n) is 9.34. The third-order valence-corrected chi connectivity index (χ3v) is 5.94. The summed E-state index contributed by atoms with van der Waals surface area (Å²) in [4.78, 5) is 17.0. The minimum atomic E-state index is -0.000305. The van der Waals surface area contributed by atoms with Crippen LogP contribution in [0.4, 0.5) is 4.79 Å². The Kier molecular flexibility index (Phi) is 4.92. The molecule has 0 unspecified atom stereocenters. The summed E-state index contributed by atoms with van der Waals surface area (Å²) in [6.45, 7) is 3.63. The molecule has 136 valence electrons. The highest BCUT2D eigenvalue weighted by Gasteiger charge is 2.51. The Morgan fingerprint density at radius 2 is 1.96 bits per heavy atom. The average molecular weight is 345 g/mol. The fourth-order valence-corrected chi connectivity index (χ4v) is 4.81. The third-order valence-electron chi connectivity index (χ3n) is 5.94. The monoisotopic (exact) mass is 345 g/mol. The topological polar surface area (TPSA) is 65.0 Å². The van der Waals surface area contributed by atoms with Crippen molar-refractivity contribution in [3.63, 3.8) is 0 Å². The van der Waals surface area contributed by atoms with E-state index < -0.39 is 0 Å². The number of rotatable bonds is 3. The second-order valence-electron chi connectivity index (χ2n) is 7.21. The molecule has 0 aromatic heterocycles. The maximum atomic E-state index is 12.8. The molecule has 2 amide bonds. The maximum Gasteiger partial charge on any atom is 0.317 e. The first-order chi connectivity index (χ1) is 12.3. The van der Waals surface area contributed by atoms with E-state index in [2.05, 4.69) is 22.3 Å². The lowest BCUT2D eigenvalue weighted by Gasteiger charge is -2.32. The molecule has 1 aromatic carbocycles. The lowest BCUT2D eigenvalue weighted by molar-refractivity contribution is 0.0521. The molecule has 25 heavy (non-hydrogen) atoms. The third kappa shape index (κ3) is 3.14. The van der Waals surface area contributed by atoms with Crippen LogP contribution in [0.15, 0.2) is 30.3 Å². The van der Waals surface area contributed by atoms with Gasteiger partial charge in [0.1, 0.15) is 0 Å². The minimum Gasteiger partial charge on any atom is -0.395 e. The highest BCUT2D eigenvalue weighted by atomic mass is 16.5. The Balaban J connectivity index is 1.58. The van der Waals surface area contributed by atoms with Gasteiger partial charge in [-0.05, 0) is 24.9 Å². The Bertz CT molecular complexity index is 591. The Morgan fingerprint density at radius 3 is 2.68 bits per heavy atom. The van der Waals surface area contributed by atoms with E-state index in [0.29, 0.717) is 32.3 Å². The van der Waals surface area contributed by atoms with Gasteiger partial charge in [-0.15, -0.1) is 0 Å². The second-order valence-corrected chi connectivity index (χ2v) is 7.21. The number of benzene rings is 1. The van der Waals surface area contributed by atoms with Gasteiger partial charge in [-0.3, -0.25) is 4.90 Å². The first-order valence-corrected chi connectivity index (χ1v) is 9.34. The van der Waals surface area contributed by atoms with E-state index in [4.69, 9.17) is 4.74 Å². The molecule has 3 aliphatic rings. The SMILES string of the molecule is O=C(N[C@@H]1[C@@H](c2ccccc2)[C@@H](CO)N2CCC[C@H]12)N1CCOCC1. The normalized spacial score (nSPS) is 32.6. The number of hydrogen-bond acceptors (Lipinski definition) is 4. The number of carbonyl (C=O) groups excluding carboxylic acids is 1. The van der Waals surface area contributed by atoms with Crippen molar-refractivity contribution in [1.29, 1.82) is 0 Å². The molecule has 0 radical (unpaired) electrons. The lowest BCUT2D eigenvalue weighted by atomic mass is 9.85. The van der Waals surface area contributed by atoms with Crippen molar-refractivity contribution >= 4 is 6.03 Å². The minimum absolute atomic E-state index is 0.000305. The highest BCUT2D eigenvalue weighted by molar-refractivity contribution is 5.75. The van der Waals surface area contributed by atoms with Gasteiger partial charge in [0, 0.05) is 31.1 Å². The van der Waals surface area contributed by atoms with E-state index in [1.54, 1.807) is 0 Å². The first kappa shape index (κ1) is 16.8. The van der Waals surface area contributed by atoms with Crippen molar-refractivity contribution in [2.24, 2.45) is 0 Å². The number of hydrogen-bond donors (Lipinski definition) is 2. The molecule has 1 aromatic rings. The largest absolute Gasteiger partial charge is 0.395 e.